The van der Waals surface area contributed by atoms with Gasteiger partial charge in [0.05, 0.1) is 6.20 Å². The topological polar surface area (TPSA) is 118 Å². The summed E-state index contributed by atoms with van der Waals surface area (Å²) in [5.74, 6) is 0.744. The van der Waals surface area contributed by atoms with Gasteiger partial charge in [-0.25, -0.2) is 9.97 Å². The molecule has 1 atom stereocenters. The van der Waals surface area contributed by atoms with Gasteiger partial charge < -0.3 is 15.3 Å². The summed E-state index contributed by atoms with van der Waals surface area (Å²) in [5.41, 5.74) is 4.48. The van der Waals surface area contributed by atoms with Crippen LogP contribution in [0.3, 0.4) is 0 Å². The average Bonchev–Trinajstić information content (AvgIpc) is 3.47. The van der Waals surface area contributed by atoms with Crippen LogP contribution in [-0.4, -0.2) is 65.9 Å². The second-order valence-corrected chi connectivity index (χ2v) is 9.24. The molecule has 1 aliphatic carbocycles. The summed E-state index contributed by atoms with van der Waals surface area (Å²) >= 11 is 0. The number of rotatable bonds is 4. The Bertz CT molecular complexity index is 1340. The van der Waals surface area contributed by atoms with Crippen molar-refractivity contribution in [2.75, 3.05) is 24.5 Å². The lowest BCUT2D eigenvalue weighted by atomic mass is 9.97. The molecule has 6 rings (SSSR count). The maximum absolute atomic E-state index is 10.7. The summed E-state index contributed by atoms with van der Waals surface area (Å²) in [6, 6.07) is 7.80. The normalized spacial score (nSPS) is 19.1. The minimum Gasteiger partial charge on any atom is -0.507 e. The van der Waals surface area contributed by atoms with Crippen LogP contribution >= 0.6 is 12.4 Å². The molecule has 0 amide bonds. The van der Waals surface area contributed by atoms with Crippen LogP contribution in [0.5, 0.6) is 5.75 Å². The molecule has 0 radical (unpaired) electrons. The van der Waals surface area contributed by atoms with E-state index in [9.17, 15) is 5.11 Å². The fraction of sp³-hybridized carbons (Fsp3) is 0.391. The van der Waals surface area contributed by atoms with Crippen LogP contribution in [-0.2, 0) is 7.05 Å². The number of hydrogen-bond acceptors (Lipinski definition) is 9. The number of piperazine rings is 1. The average molecular weight is 480 g/mol. The molecule has 1 aliphatic heterocycles. The monoisotopic (exact) mass is 479 g/mol. The van der Waals surface area contributed by atoms with Crippen LogP contribution in [0.4, 0.5) is 5.95 Å². The van der Waals surface area contributed by atoms with Crippen molar-refractivity contribution in [1.82, 2.24) is 40.5 Å². The molecule has 4 heterocycles. The summed E-state index contributed by atoms with van der Waals surface area (Å²) in [7, 11) is 1.76. The van der Waals surface area contributed by atoms with Crippen LogP contribution in [0.2, 0.25) is 0 Å². The Hall–Kier alpha value is -3.37. The number of nitrogens with zero attached hydrogens (tertiary/aromatic N) is 8. The van der Waals surface area contributed by atoms with E-state index in [0.717, 1.165) is 30.8 Å². The number of hydrogen-bond donors (Lipinski definition) is 2. The first-order chi connectivity index (χ1) is 16.0. The van der Waals surface area contributed by atoms with E-state index in [-0.39, 0.29) is 18.2 Å². The van der Waals surface area contributed by atoms with E-state index >= 15 is 0 Å². The number of phenols is 1. The van der Waals surface area contributed by atoms with Crippen LogP contribution < -0.4 is 10.2 Å². The highest BCUT2D eigenvalue weighted by Crippen LogP contribution is 2.48. The van der Waals surface area contributed by atoms with Crippen molar-refractivity contribution in [3.8, 4) is 28.1 Å². The molecule has 2 N–H and O–H groups in total. The number of aromatic nitrogens is 7. The molecule has 0 bridgehead atoms. The van der Waals surface area contributed by atoms with E-state index in [0.29, 0.717) is 39.8 Å². The second kappa shape index (κ2) is 8.44. The van der Waals surface area contributed by atoms with Crippen molar-refractivity contribution in [3.05, 3.63) is 36.7 Å². The van der Waals surface area contributed by atoms with Gasteiger partial charge in [-0.05, 0) is 42.0 Å². The minimum absolute atomic E-state index is 0. The molecule has 1 saturated heterocycles. The number of aryl methyl sites for hydroxylation is 1. The van der Waals surface area contributed by atoms with Crippen molar-refractivity contribution in [3.63, 3.8) is 0 Å². The van der Waals surface area contributed by atoms with Gasteiger partial charge in [0.1, 0.15) is 17.0 Å². The first-order valence-electron chi connectivity index (χ1n) is 11.2. The SMILES string of the molecule is Cl.Cn1nc2cc(-c3ccc(-c4cnc(N5CCN[C@@H](C6(C)CC6)C5)nn4)c(O)c3)cnc2n1. The predicted octanol–water partition coefficient (Wildman–Crippen LogP) is 2.59. The number of anilines is 1. The molecule has 2 fully saturated rings. The first kappa shape index (κ1) is 22.4. The highest BCUT2D eigenvalue weighted by Gasteiger charge is 2.46. The Labute approximate surface area is 202 Å². The van der Waals surface area contributed by atoms with Gasteiger partial charge in [0.15, 0.2) is 0 Å². The highest BCUT2D eigenvalue weighted by atomic mass is 35.5. The van der Waals surface area contributed by atoms with Gasteiger partial charge >= 0.3 is 0 Å². The number of halogens is 1. The molecular formula is C23H26ClN9O. The summed E-state index contributed by atoms with van der Waals surface area (Å²) in [4.78, 5) is 12.6. The van der Waals surface area contributed by atoms with Crippen molar-refractivity contribution < 1.29 is 5.11 Å². The Morgan fingerprint density at radius 2 is 1.91 bits per heavy atom. The largest absolute Gasteiger partial charge is 0.507 e. The third kappa shape index (κ3) is 4.03. The number of nitrogens with one attached hydrogen (secondary N) is 1. The van der Waals surface area contributed by atoms with E-state index < -0.39 is 0 Å². The lowest BCUT2D eigenvalue weighted by molar-refractivity contribution is 0.329. The van der Waals surface area contributed by atoms with Crippen LogP contribution in [0.25, 0.3) is 33.5 Å². The van der Waals surface area contributed by atoms with Crippen LogP contribution in [0, 0.1) is 5.41 Å². The number of phenolic OH excluding ortho intramolecular Hbond substituents is 1. The standard InChI is InChI=1S/C23H25N9O.ClH/c1-23(5-6-23)20-13-32(8-7-24-20)22-26-12-18(27-28-22)16-4-3-14(10-19(16)33)15-9-17-21(25-11-15)30-31(2)29-17;/h3-4,9-12,20,24,33H,5-8,13H2,1-2H3;1H/t20-;/m1./s1. The number of aromatic hydroxyl groups is 1. The summed E-state index contributed by atoms with van der Waals surface area (Å²) in [5, 5.41) is 31.6. The van der Waals surface area contributed by atoms with E-state index in [1.807, 2.05) is 18.2 Å². The van der Waals surface area contributed by atoms with E-state index in [2.05, 4.69) is 47.5 Å². The minimum atomic E-state index is 0. The van der Waals surface area contributed by atoms with Crippen LogP contribution in [0.1, 0.15) is 19.8 Å². The molecule has 3 aromatic heterocycles. The Kier molecular flexibility index (Phi) is 5.57. The molecular weight excluding hydrogens is 454 g/mol. The van der Waals surface area contributed by atoms with Gasteiger partial charge in [-0.3, -0.25) is 0 Å². The molecule has 0 spiro atoms. The highest BCUT2D eigenvalue weighted by molar-refractivity contribution is 5.85. The Balaban J connectivity index is 0.00000241. The number of fused-ring (bicyclic) bond motifs is 1. The third-order valence-electron chi connectivity index (χ3n) is 6.83. The zero-order valence-electron chi connectivity index (χ0n) is 19.0. The molecule has 2 aliphatic rings. The van der Waals surface area contributed by atoms with Crippen LogP contribution in [0.15, 0.2) is 36.7 Å². The summed E-state index contributed by atoms with van der Waals surface area (Å²) in [6.07, 6.45) is 5.95. The van der Waals surface area contributed by atoms with E-state index in [1.165, 1.54) is 17.6 Å². The molecule has 1 aromatic carbocycles. The Morgan fingerprint density at radius 1 is 1.06 bits per heavy atom. The zero-order chi connectivity index (χ0) is 22.6. The molecule has 4 aromatic rings. The third-order valence-corrected chi connectivity index (χ3v) is 6.83. The van der Waals surface area contributed by atoms with Crippen molar-refractivity contribution in [1.29, 1.82) is 0 Å². The molecule has 176 valence electrons. The predicted molar refractivity (Wildman–Crippen MR) is 131 cm³/mol. The smallest absolute Gasteiger partial charge is 0.245 e. The van der Waals surface area contributed by atoms with Gasteiger partial charge in [-0.1, -0.05) is 13.0 Å². The van der Waals surface area contributed by atoms with E-state index in [1.54, 1.807) is 25.5 Å². The van der Waals surface area contributed by atoms with E-state index in [4.69, 9.17) is 0 Å². The molecule has 34 heavy (non-hydrogen) atoms. The van der Waals surface area contributed by atoms with Gasteiger partial charge in [-0.15, -0.1) is 27.7 Å². The van der Waals surface area contributed by atoms with Gasteiger partial charge in [0, 0.05) is 50.0 Å². The first-order valence-corrected chi connectivity index (χ1v) is 11.2. The van der Waals surface area contributed by atoms with Crippen molar-refractivity contribution >= 4 is 29.5 Å². The van der Waals surface area contributed by atoms with Crippen molar-refractivity contribution in [2.45, 2.75) is 25.8 Å². The maximum atomic E-state index is 10.7. The molecule has 1 saturated carbocycles. The molecule has 11 heteroatoms. The second-order valence-electron chi connectivity index (χ2n) is 9.24. The molecule has 0 unspecified atom stereocenters. The summed E-state index contributed by atoms with van der Waals surface area (Å²) in [6.45, 7) is 5.01. The fourth-order valence-electron chi connectivity index (χ4n) is 4.48. The lowest BCUT2D eigenvalue weighted by Crippen LogP contribution is -2.54. The maximum Gasteiger partial charge on any atom is 0.245 e. The summed E-state index contributed by atoms with van der Waals surface area (Å²) < 4.78 is 0. The quantitative estimate of drug-likeness (QED) is 0.455. The fourth-order valence-corrected chi connectivity index (χ4v) is 4.48. The van der Waals surface area contributed by atoms with Gasteiger partial charge in [0.2, 0.25) is 11.6 Å². The lowest BCUT2D eigenvalue weighted by Gasteiger charge is -2.36. The number of benzene rings is 1. The zero-order valence-corrected chi connectivity index (χ0v) is 19.8. The number of pyridine rings is 1. The Morgan fingerprint density at radius 3 is 2.65 bits per heavy atom. The molecule has 10 nitrogen and oxygen atoms in total. The van der Waals surface area contributed by atoms with Gasteiger partial charge in [-0.2, -0.15) is 9.90 Å². The van der Waals surface area contributed by atoms with Crippen molar-refractivity contribution in [2.24, 2.45) is 12.5 Å². The van der Waals surface area contributed by atoms with Gasteiger partial charge in [0.25, 0.3) is 0 Å².